The van der Waals surface area contributed by atoms with Gasteiger partial charge in [-0.1, -0.05) is 6.92 Å². The van der Waals surface area contributed by atoms with Crippen LogP contribution in [0.3, 0.4) is 0 Å². The summed E-state index contributed by atoms with van der Waals surface area (Å²) in [6.45, 7) is 5.24. The van der Waals surface area contributed by atoms with Crippen LogP contribution < -0.4 is 10.6 Å². The van der Waals surface area contributed by atoms with Gasteiger partial charge in [0.05, 0.1) is 19.3 Å². The summed E-state index contributed by atoms with van der Waals surface area (Å²) >= 11 is 0. The molecule has 0 rings (SSSR count). The van der Waals surface area contributed by atoms with E-state index in [1.807, 2.05) is 13.8 Å². The van der Waals surface area contributed by atoms with E-state index in [-0.39, 0.29) is 11.9 Å². The molecule has 96 valence electrons. The molecule has 0 saturated heterocycles. The first-order chi connectivity index (χ1) is 7.60. The number of hydrogen-bond acceptors (Lipinski definition) is 4. The zero-order valence-corrected chi connectivity index (χ0v) is 10.5. The second kappa shape index (κ2) is 9.57. The lowest BCUT2D eigenvalue weighted by atomic mass is 10.2. The van der Waals surface area contributed by atoms with Gasteiger partial charge in [-0.2, -0.15) is 0 Å². The highest BCUT2D eigenvalue weighted by Gasteiger charge is 2.06. The summed E-state index contributed by atoms with van der Waals surface area (Å²) in [5, 5.41) is 15.2. The van der Waals surface area contributed by atoms with Gasteiger partial charge in [-0.3, -0.25) is 4.79 Å². The number of carbonyl (C=O) groups excluding carboxylic acids is 1. The molecule has 1 amide bonds. The maximum Gasteiger partial charge on any atom is 0.234 e. The van der Waals surface area contributed by atoms with Gasteiger partial charge < -0.3 is 20.5 Å². The number of ether oxygens (including phenoxy) is 1. The molecule has 0 heterocycles. The molecule has 0 aliphatic heterocycles. The van der Waals surface area contributed by atoms with Gasteiger partial charge in [-0.25, -0.2) is 0 Å². The molecule has 0 aromatic carbocycles. The van der Waals surface area contributed by atoms with Crippen LogP contribution in [0.15, 0.2) is 0 Å². The van der Waals surface area contributed by atoms with Crippen molar-refractivity contribution in [3.05, 3.63) is 0 Å². The first kappa shape index (κ1) is 15.3. The molecule has 3 N–H and O–H groups in total. The van der Waals surface area contributed by atoms with Crippen molar-refractivity contribution in [2.45, 2.75) is 38.8 Å². The molecular weight excluding hydrogens is 208 g/mol. The Balaban J connectivity index is 3.40. The summed E-state index contributed by atoms with van der Waals surface area (Å²) in [6.07, 6.45) is 1.05. The molecule has 2 unspecified atom stereocenters. The third kappa shape index (κ3) is 8.64. The van der Waals surface area contributed by atoms with Crippen molar-refractivity contribution in [2.24, 2.45) is 0 Å². The summed E-state index contributed by atoms with van der Waals surface area (Å²) in [7, 11) is 1.55. The molecule has 0 aromatic rings. The lowest BCUT2D eigenvalue weighted by molar-refractivity contribution is -0.120. The number of amides is 1. The first-order valence-electron chi connectivity index (χ1n) is 5.77. The van der Waals surface area contributed by atoms with Crippen molar-refractivity contribution in [3.8, 4) is 0 Å². The Morgan fingerprint density at radius 2 is 2.19 bits per heavy atom. The largest absolute Gasteiger partial charge is 0.391 e. The average Bonchev–Trinajstić information content (AvgIpc) is 2.24. The number of carbonyl (C=O) groups is 1. The molecule has 2 atom stereocenters. The minimum absolute atomic E-state index is 0.00409. The maximum absolute atomic E-state index is 11.3. The molecule has 0 aliphatic carbocycles. The second-order valence-corrected chi connectivity index (χ2v) is 3.95. The number of nitrogens with one attached hydrogen (secondary N) is 2. The third-order valence-electron chi connectivity index (χ3n) is 2.32. The van der Waals surface area contributed by atoms with E-state index in [0.717, 1.165) is 6.42 Å². The van der Waals surface area contributed by atoms with Gasteiger partial charge in [0.25, 0.3) is 0 Å². The van der Waals surface area contributed by atoms with Crippen molar-refractivity contribution in [1.82, 2.24) is 10.6 Å². The number of hydrogen-bond donors (Lipinski definition) is 3. The molecule has 0 aliphatic rings. The monoisotopic (exact) mass is 232 g/mol. The molecule has 0 radical (unpaired) electrons. The molecular formula is C11H24N2O3. The summed E-state index contributed by atoms with van der Waals surface area (Å²) in [5.74, 6) is -0.00409. The molecule has 0 bridgehead atoms. The zero-order valence-electron chi connectivity index (χ0n) is 10.5. The summed E-state index contributed by atoms with van der Waals surface area (Å²) in [4.78, 5) is 11.3. The van der Waals surface area contributed by atoms with E-state index in [1.54, 1.807) is 7.11 Å². The Morgan fingerprint density at radius 1 is 1.50 bits per heavy atom. The molecule has 0 spiro atoms. The summed E-state index contributed by atoms with van der Waals surface area (Å²) in [6, 6.07) is 0.216. The van der Waals surface area contributed by atoms with Crippen molar-refractivity contribution in [1.29, 1.82) is 0 Å². The molecule has 0 saturated carbocycles. The average molecular weight is 232 g/mol. The van der Waals surface area contributed by atoms with Crippen LogP contribution in [0.4, 0.5) is 0 Å². The second-order valence-electron chi connectivity index (χ2n) is 3.95. The lowest BCUT2D eigenvalue weighted by Crippen LogP contribution is -2.39. The van der Waals surface area contributed by atoms with Crippen LogP contribution in [0.2, 0.25) is 0 Å². The Labute approximate surface area is 97.6 Å². The maximum atomic E-state index is 11.3. The topological polar surface area (TPSA) is 70.6 Å². The van der Waals surface area contributed by atoms with Gasteiger partial charge in [0, 0.05) is 13.2 Å². The van der Waals surface area contributed by atoms with Crippen molar-refractivity contribution in [2.75, 3.05) is 26.8 Å². The van der Waals surface area contributed by atoms with E-state index in [9.17, 15) is 9.90 Å². The van der Waals surface area contributed by atoms with E-state index in [1.165, 1.54) is 0 Å². The van der Waals surface area contributed by atoms with Gasteiger partial charge in [0.1, 0.15) is 0 Å². The Hall–Kier alpha value is -0.650. The Bertz CT molecular complexity index is 188. The van der Waals surface area contributed by atoms with E-state index in [0.29, 0.717) is 26.1 Å². The van der Waals surface area contributed by atoms with Crippen LogP contribution in [0, 0.1) is 0 Å². The first-order valence-corrected chi connectivity index (χ1v) is 5.77. The van der Waals surface area contributed by atoms with Crippen LogP contribution in [0.1, 0.15) is 26.7 Å². The zero-order chi connectivity index (χ0) is 12.4. The van der Waals surface area contributed by atoms with Crippen molar-refractivity contribution < 1.29 is 14.6 Å². The third-order valence-corrected chi connectivity index (χ3v) is 2.32. The number of rotatable bonds is 9. The van der Waals surface area contributed by atoms with Gasteiger partial charge in [0.15, 0.2) is 0 Å². The van der Waals surface area contributed by atoms with E-state index < -0.39 is 6.10 Å². The van der Waals surface area contributed by atoms with Crippen molar-refractivity contribution >= 4 is 5.91 Å². The molecule has 16 heavy (non-hydrogen) atoms. The fourth-order valence-electron chi connectivity index (χ4n) is 1.17. The smallest absolute Gasteiger partial charge is 0.234 e. The minimum atomic E-state index is -0.463. The molecule has 0 fully saturated rings. The predicted molar refractivity (Wildman–Crippen MR) is 63.3 cm³/mol. The van der Waals surface area contributed by atoms with Crippen LogP contribution in [0.25, 0.3) is 0 Å². The standard InChI is InChI=1S/C11H24N2O3/c1-4-9(2)13-11(15)7-12-6-5-10(14)8-16-3/h9-10,12,14H,4-8H2,1-3H3,(H,13,15). The van der Waals surface area contributed by atoms with E-state index in [2.05, 4.69) is 10.6 Å². The highest BCUT2D eigenvalue weighted by Crippen LogP contribution is 1.90. The highest BCUT2D eigenvalue weighted by molar-refractivity contribution is 5.78. The minimum Gasteiger partial charge on any atom is -0.391 e. The van der Waals surface area contributed by atoms with Gasteiger partial charge in [-0.15, -0.1) is 0 Å². The quantitative estimate of drug-likeness (QED) is 0.485. The number of aliphatic hydroxyl groups excluding tert-OH is 1. The molecule has 5 heteroatoms. The number of aliphatic hydroxyl groups is 1. The predicted octanol–water partition coefficient (Wildman–Crippen LogP) is -0.112. The van der Waals surface area contributed by atoms with E-state index in [4.69, 9.17) is 4.74 Å². The van der Waals surface area contributed by atoms with E-state index >= 15 is 0 Å². The fraction of sp³-hybridized carbons (Fsp3) is 0.909. The Kier molecular flexibility index (Phi) is 9.18. The Morgan fingerprint density at radius 3 is 2.75 bits per heavy atom. The molecule has 0 aromatic heterocycles. The lowest BCUT2D eigenvalue weighted by Gasteiger charge is -2.12. The fourth-order valence-corrected chi connectivity index (χ4v) is 1.17. The van der Waals surface area contributed by atoms with Crippen molar-refractivity contribution in [3.63, 3.8) is 0 Å². The van der Waals surface area contributed by atoms with Gasteiger partial charge in [0.2, 0.25) is 5.91 Å². The van der Waals surface area contributed by atoms with Crippen LogP contribution in [-0.4, -0.2) is 50.0 Å². The van der Waals surface area contributed by atoms with Gasteiger partial charge >= 0.3 is 0 Å². The summed E-state index contributed by atoms with van der Waals surface area (Å²) in [5.41, 5.74) is 0. The number of methoxy groups -OCH3 is 1. The normalized spacial score (nSPS) is 14.5. The van der Waals surface area contributed by atoms with Crippen LogP contribution in [0.5, 0.6) is 0 Å². The highest BCUT2D eigenvalue weighted by atomic mass is 16.5. The van der Waals surface area contributed by atoms with Gasteiger partial charge in [-0.05, 0) is 26.3 Å². The van der Waals surface area contributed by atoms with Crippen LogP contribution >= 0.6 is 0 Å². The molecule has 5 nitrogen and oxygen atoms in total. The van der Waals surface area contributed by atoms with Crippen LogP contribution in [-0.2, 0) is 9.53 Å². The SMILES string of the molecule is CCC(C)NC(=O)CNCCC(O)COC. The summed E-state index contributed by atoms with van der Waals surface area (Å²) < 4.78 is 4.79.